The van der Waals surface area contributed by atoms with Gasteiger partial charge >= 0.3 is 5.97 Å². The summed E-state index contributed by atoms with van der Waals surface area (Å²) in [5.41, 5.74) is 3.15. The fraction of sp³-hybridized carbons (Fsp3) is 0.0833. The Kier molecular flexibility index (Phi) is 2.83. The highest BCUT2D eigenvalue weighted by atomic mass is 32.1. The number of carboxylic acids is 1. The number of rotatable bonds is 3. The molecular weight excluding hydrogens is 208 g/mol. The zero-order chi connectivity index (χ0) is 10.7. The van der Waals surface area contributed by atoms with Gasteiger partial charge in [0.05, 0.1) is 6.42 Å². The first-order valence-electron chi connectivity index (χ1n) is 4.59. The molecule has 0 saturated carbocycles. The number of aliphatic carboxylic acids is 1. The number of hydrogen-bond acceptors (Lipinski definition) is 2. The van der Waals surface area contributed by atoms with E-state index in [0.717, 1.165) is 11.1 Å². The summed E-state index contributed by atoms with van der Waals surface area (Å²) in [5, 5.41) is 12.7. The smallest absolute Gasteiger partial charge is 0.307 e. The normalized spacial score (nSPS) is 10.1. The highest BCUT2D eigenvalue weighted by molar-refractivity contribution is 7.08. The van der Waals surface area contributed by atoms with Crippen molar-refractivity contribution < 1.29 is 9.90 Å². The molecule has 2 nitrogen and oxygen atoms in total. The summed E-state index contributed by atoms with van der Waals surface area (Å²) in [6.45, 7) is 0. The molecule has 0 radical (unpaired) electrons. The summed E-state index contributed by atoms with van der Waals surface area (Å²) >= 11 is 1.66. The number of hydrogen-bond donors (Lipinski definition) is 1. The SMILES string of the molecule is O=C(O)Cc1ccc(-c2ccsc2)cc1. The fourth-order valence-electron chi connectivity index (χ4n) is 1.42. The van der Waals surface area contributed by atoms with E-state index in [1.54, 1.807) is 11.3 Å². The largest absolute Gasteiger partial charge is 0.481 e. The van der Waals surface area contributed by atoms with Gasteiger partial charge in [-0.05, 0) is 33.5 Å². The molecule has 0 saturated heterocycles. The van der Waals surface area contributed by atoms with E-state index < -0.39 is 5.97 Å². The minimum atomic E-state index is -0.793. The lowest BCUT2D eigenvalue weighted by Crippen LogP contribution is -1.99. The lowest BCUT2D eigenvalue weighted by molar-refractivity contribution is -0.136. The van der Waals surface area contributed by atoms with Crippen molar-refractivity contribution in [1.29, 1.82) is 0 Å². The van der Waals surface area contributed by atoms with Gasteiger partial charge in [-0.3, -0.25) is 4.79 Å². The molecule has 2 aromatic rings. The van der Waals surface area contributed by atoms with Crippen molar-refractivity contribution in [2.24, 2.45) is 0 Å². The molecule has 0 aliphatic carbocycles. The molecule has 0 bridgehead atoms. The molecule has 0 atom stereocenters. The standard InChI is InChI=1S/C12H10O2S/c13-12(14)7-9-1-3-10(4-2-9)11-5-6-15-8-11/h1-6,8H,7H2,(H,13,14). The van der Waals surface area contributed by atoms with E-state index in [4.69, 9.17) is 5.11 Å². The van der Waals surface area contributed by atoms with Crippen molar-refractivity contribution in [2.45, 2.75) is 6.42 Å². The fourth-order valence-corrected chi connectivity index (χ4v) is 2.08. The van der Waals surface area contributed by atoms with Gasteiger partial charge in [0.2, 0.25) is 0 Å². The second kappa shape index (κ2) is 4.28. The molecule has 0 spiro atoms. The van der Waals surface area contributed by atoms with Gasteiger partial charge < -0.3 is 5.11 Å². The van der Waals surface area contributed by atoms with Crippen molar-refractivity contribution in [3.8, 4) is 11.1 Å². The first-order valence-corrected chi connectivity index (χ1v) is 5.53. The predicted octanol–water partition coefficient (Wildman–Crippen LogP) is 3.04. The maximum atomic E-state index is 10.5. The third-order valence-corrected chi connectivity index (χ3v) is 2.85. The van der Waals surface area contributed by atoms with Crippen molar-refractivity contribution in [3.63, 3.8) is 0 Å². The van der Waals surface area contributed by atoms with Crippen LogP contribution < -0.4 is 0 Å². The second-order valence-corrected chi connectivity index (χ2v) is 4.06. The summed E-state index contributed by atoms with van der Waals surface area (Å²) in [5.74, 6) is -0.793. The molecular formula is C12H10O2S. The van der Waals surface area contributed by atoms with Gasteiger partial charge in [0, 0.05) is 0 Å². The maximum absolute atomic E-state index is 10.5. The maximum Gasteiger partial charge on any atom is 0.307 e. The van der Waals surface area contributed by atoms with Crippen LogP contribution in [0.25, 0.3) is 11.1 Å². The summed E-state index contributed by atoms with van der Waals surface area (Å²) < 4.78 is 0. The van der Waals surface area contributed by atoms with E-state index >= 15 is 0 Å². The van der Waals surface area contributed by atoms with Crippen LogP contribution in [0.5, 0.6) is 0 Å². The van der Waals surface area contributed by atoms with Gasteiger partial charge in [-0.1, -0.05) is 24.3 Å². The Morgan fingerprint density at radius 1 is 1.13 bits per heavy atom. The minimum absolute atomic E-state index is 0.0872. The van der Waals surface area contributed by atoms with Gasteiger partial charge in [-0.15, -0.1) is 0 Å². The molecule has 76 valence electrons. The van der Waals surface area contributed by atoms with Crippen LogP contribution in [0.1, 0.15) is 5.56 Å². The average molecular weight is 218 g/mol. The molecule has 2 rings (SSSR count). The third kappa shape index (κ3) is 2.44. The summed E-state index contributed by atoms with van der Waals surface area (Å²) in [6, 6.07) is 9.69. The zero-order valence-corrected chi connectivity index (χ0v) is 8.83. The highest BCUT2D eigenvalue weighted by Crippen LogP contribution is 2.22. The topological polar surface area (TPSA) is 37.3 Å². The van der Waals surface area contributed by atoms with Crippen LogP contribution in [0.4, 0.5) is 0 Å². The lowest BCUT2D eigenvalue weighted by Gasteiger charge is -2.00. The van der Waals surface area contributed by atoms with E-state index in [-0.39, 0.29) is 6.42 Å². The molecule has 1 heterocycles. The average Bonchev–Trinajstić information content (AvgIpc) is 2.71. The second-order valence-electron chi connectivity index (χ2n) is 3.28. The Morgan fingerprint density at radius 3 is 2.40 bits per heavy atom. The van der Waals surface area contributed by atoms with Crippen molar-refractivity contribution in [2.75, 3.05) is 0 Å². The van der Waals surface area contributed by atoms with E-state index in [1.807, 2.05) is 29.6 Å². The van der Waals surface area contributed by atoms with Crippen molar-refractivity contribution >= 4 is 17.3 Å². The Hall–Kier alpha value is -1.61. The minimum Gasteiger partial charge on any atom is -0.481 e. The Balaban J connectivity index is 2.21. The van der Waals surface area contributed by atoms with Gasteiger partial charge in [0.1, 0.15) is 0 Å². The van der Waals surface area contributed by atoms with Crippen LogP contribution in [0, 0.1) is 0 Å². The van der Waals surface area contributed by atoms with Crippen LogP contribution in [-0.4, -0.2) is 11.1 Å². The van der Waals surface area contributed by atoms with Crippen LogP contribution in [0.2, 0.25) is 0 Å². The number of benzene rings is 1. The molecule has 0 aliphatic heterocycles. The number of thiophene rings is 1. The van der Waals surface area contributed by atoms with E-state index in [0.29, 0.717) is 0 Å². The van der Waals surface area contributed by atoms with Crippen LogP contribution >= 0.6 is 11.3 Å². The summed E-state index contributed by atoms with van der Waals surface area (Å²) in [4.78, 5) is 10.5. The Labute approximate surface area is 91.8 Å². The first kappa shape index (κ1) is 9.93. The van der Waals surface area contributed by atoms with Gasteiger partial charge in [-0.2, -0.15) is 11.3 Å². The van der Waals surface area contributed by atoms with Crippen LogP contribution in [0.15, 0.2) is 41.1 Å². The zero-order valence-electron chi connectivity index (χ0n) is 8.01. The van der Waals surface area contributed by atoms with Crippen LogP contribution in [-0.2, 0) is 11.2 Å². The van der Waals surface area contributed by atoms with Crippen molar-refractivity contribution in [1.82, 2.24) is 0 Å². The van der Waals surface area contributed by atoms with Gasteiger partial charge in [-0.25, -0.2) is 0 Å². The molecule has 0 aliphatic rings. The lowest BCUT2D eigenvalue weighted by atomic mass is 10.1. The van der Waals surface area contributed by atoms with E-state index in [2.05, 4.69) is 11.4 Å². The molecule has 0 amide bonds. The molecule has 1 aromatic carbocycles. The van der Waals surface area contributed by atoms with E-state index in [9.17, 15) is 4.79 Å². The van der Waals surface area contributed by atoms with Crippen molar-refractivity contribution in [3.05, 3.63) is 46.7 Å². The first-order chi connectivity index (χ1) is 7.25. The number of carboxylic acid groups (broad SMARTS) is 1. The van der Waals surface area contributed by atoms with Gasteiger partial charge in [0.25, 0.3) is 0 Å². The molecule has 3 heteroatoms. The Morgan fingerprint density at radius 2 is 1.87 bits per heavy atom. The molecule has 0 fully saturated rings. The quantitative estimate of drug-likeness (QED) is 0.859. The number of carbonyl (C=O) groups is 1. The predicted molar refractivity (Wildman–Crippen MR) is 61.1 cm³/mol. The summed E-state index contributed by atoms with van der Waals surface area (Å²) in [6.07, 6.45) is 0.0872. The molecule has 1 aromatic heterocycles. The third-order valence-electron chi connectivity index (χ3n) is 2.16. The Bertz CT molecular complexity index is 443. The molecule has 0 unspecified atom stereocenters. The molecule has 1 N–H and O–H groups in total. The van der Waals surface area contributed by atoms with Gasteiger partial charge in [0.15, 0.2) is 0 Å². The van der Waals surface area contributed by atoms with Crippen LogP contribution in [0.3, 0.4) is 0 Å². The monoisotopic (exact) mass is 218 g/mol. The van der Waals surface area contributed by atoms with E-state index in [1.165, 1.54) is 5.56 Å². The highest BCUT2D eigenvalue weighted by Gasteiger charge is 2.01. The molecule has 15 heavy (non-hydrogen) atoms. The summed E-state index contributed by atoms with van der Waals surface area (Å²) in [7, 11) is 0.